The topological polar surface area (TPSA) is 124 Å². The average Bonchev–Trinajstić information content (AvgIpc) is 2.92. The lowest BCUT2D eigenvalue weighted by molar-refractivity contribution is -0.143. The summed E-state index contributed by atoms with van der Waals surface area (Å²) in [5.41, 5.74) is 0.906. The molecule has 9 heteroatoms. The Morgan fingerprint density at radius 1 is 1.17 bits per heavy atom. The van der Waals surface area contributed by atoms with Gasteiger partial charge in [-0.3, -0.25) is 18.7 Å². The van der Waals surface area contributed by atoms with Gasteiger partial charge in [0.2, 0.25) is 11.2 Å². The zero-order chi connectivity index (χ0) is 21.3. The summed E-state index contributed by atoms with van der Waals surface area (Å²) in [6, 6.07) is 6.10. The number of rotatable bonds is 6. The van der Waals surface area contributed by atoms with E-state index in [9.17, 15) is 24.6 Å². The molecule has 0 saturated heterocycles. The molecule has 1 aromatic carbocycles. The summed E-state index contributed by atoms with van der Waals surface area (Å²) in [5, 5.41) is 19.7. The zero-order valence-corrected chi connectivity index (χ0v) is 16.3. The number of fused-ring (bicyclic) bond motifs is 1. The molecule has 9 nitrogen and oxygen atoms in total. The number of nitrogens with zero attached hydrogens (tertiary/aromatic N) is 2. The van der Waals surface area contributed by atoms with E-state index in [0.29, 0.717) is 16.6 Å². The first-order valence-electron chi connectivity index (χ1n) is 9.06. The lowest BCUT2D eigenvalue weighted by Crippen LogP contribution is -2.19. The Bertz CT molecular complexity index is 1190. The maximum atomic E-state index is 12.2. The molecule has 0 spiro atoms. The van der Waals surface area contributed by atoms with Crippen LogP contribution in [0.2, 0.25) is 0 Å². The number of carbonyl (C=O) groups is 1. The molecule has 2 heterocycles. The van der Waals surface area contributed by atoms with Crippen LogP contribution < -0.4 is 11.1 Å². The minimum absolute atomic E-state index is 0.0372. The van der Waals surface area contributed by atoms with Gasteiger partial charge in [0, 0.05) is 20.2 Å². The van der Waals surface area contributed by atoms with E-state index in [0.717, 1.165) is 6.07 Å². The molecule has 154 valence electrons. The molecule has 2 N–H and O–H groups in total. The molecular weight excluding hydrogens is 380 g/mol. The number of esters is 1. The fourth-order valence-electron chi connectivity index (χ4n) is 3.36. The highest BCUT2D eigenvalue weighted by Crippen LogP contribution is 2.34. The number of aromatic nitrogens is 2. The number of aromatic hydroxyl groups is 1. The summed E-state index contributed by atoms with van der Waals surface area (Å²) < 4.78 is 13.5. The summed E-state index contributed by atoms with van der Waals surface area (Å²) in [6.07, 6.45) is -0.203. The fourth-order valence-corrected chi connectivity index (χ4v) is 3.36. The van der Waals surface area contributed by atoms with E-state index < -0.39 is 29.7 Å². The molecule has 3 rings (SSSR count). The first-order chi connectivity index (χ1) is 13.8. The highest BCUT2D eigenvalue weighted by Gasteiger charge is 2.27. The minimum atomic E-state index is -0.854. The van der Waals surface area contributed by atoms with Crippen molar-refractivity contribution in [1.82, 2.24) is 9.13 Å². The van der Waals surface area contributed by atoms with Crippen molar-refractivity contribution in [2.75, 3.05) is 6.61 Å². The van der Waals surface area contributed by atoms with Crippen LogP contribution >= 0.6 is 0 Å². The first kappa shape index (κ1) is 20.4. The van der Waals surface area contributed by atoms with Gasteiger partial charge in [-0.15, -0.1) is 0 Å². The third-order valence-electron chi connectivity index (χ3n) is 4.85. The Hall–Kier alpha value is -3.33. The standard InChI is InChI=1S/C20H22N2O7/c1-4-28-17(25)9-13(19-18(26)16(24)8-12(10-23)29-19)11-5-6-14-15(7-11)22(3)20(27)21(14)2/h5-8,13,23,26H,4,9-10H2,1-3H3/t13-/m1/s1. The molecule has 0 aliphatic heterocycles. The van der Waals surface area contributed by atoms with E-state index in [4.69, 9.17) is 9.15 Å². The minimum Gasteiger partial charge on any atom is -0.502 e. The van der Waals surface area contributed by atoms with Crippen molar-refractivity contribution in [3.63, 3.8) is 0 Å². The van der Waals surface area contributed by atoms with E-state index >= 15 is 0 Å². The number of imidazole rings is 1. The monoisotopic (exact) mass is 402 g/mol. The Kier molecular flexibility index (Phi) is 5.60. The average molecular weight is 402 g/mol. The van der Waals surface area contributed by atoms with Crippen LogP contribution in [-0.4, -0.2) is 31.9 Å². The molecule has 0 unspecified atom stereocenters. The van der Waals surface area contributed by atoms with Gasteiger partial charge >= 0.3 is 11.7 Å². The Morgan fingerprint density at radius 2 is 1.86 bits per heavy atom. The van der Waals surface area contributed by atoms with E-state index in [1.165, 1.54) is 9.13 Å². The second-order valence-corrected chi connectivity index (χ2v) is 6.66. The van der Waals surface area contributed by atoms with Gasteiger partial charge in [0.05, 0.1) is 30.0 Å². The third-order valence-corrected chi connectivity index (χ3v) is 4.85. The summed E-state index contributed by atoms with van der Waals surface area (Å²) in [5.74, 6) is -2.22. The van der Waals surface area contributed by atoms with Crippen LogP contribution in [0.4, 0.5) is 0 Å². The van der Waals surface area contributed by atoms with Crippen LogP contribution in [0, 0.1) is 0 Å². The van der Waals surface area contributed by atoms with Crippen LogP contribution in [0.3, 0.4) is 0 Å². The van der Waals surface area contributed by atoms with E-state index in [2.05, 4.69) is 0 Å². The Morgan fingerprint density at radius 3 is 2.52 bits per heavy atom. The van der Waals surface area contributed by atoms with E-state index in [1.807, 2.05) is 0 Å². The highest BCUT2D eigenvalue weighted by atomic mass is 16.5. The van der Waals surface area contributed by atoms with E-state index in [1.54, 1.807) is 39.2 Å². The van der Waals surface area contributed by atoms with Crippen molar-refractivity contribution in [3.05, 3.63) is 62.1 Å². The predicted octanol–water partition coefficient (Wildman–Crippen LogP) is 1.11. The molecule has 3 aromatic rings. The maximum Gasteiger partial charge on any atom is 0.328 e. The quantitative estimate of drug-likeness (QED) is 0.592. The van der Waals surface area contributed by atoms with Crippen LogP contribution in [0.1, 0.15) is 36.3 Å². The summed E-state index contributed by atoms with van der Waals surface area (Å²) in [7, 11) is 3.27. The van der Waals surface area contributed by atoms with Crippen molar-refractivity contribution in [2.24, 2.45) is 14.1 Å². The molecule has 0 amide bonds. The largest absolute Gasteiger partial charge is 0.502 e. The number of ether oxygens (including phenoxy) is 1. The molecular formula is C20H22N2O7. The maximum absolute atomic E-state index is 12.2. The van der Waals surface area contributed by atoms with Crippen molar-refractivity contribution in [1.29, 1.82) is 0 Å². The molecule has 1 atom stereocenters. The van der Waals surface area contributed by atoms with Crippen molar-refractivity contribution >= 4 is 17.0 Å². The van der Waals surface area contributed by atoms with Gasteiger partial charge in [0.25, 0.3) is 0 Å². The van der Waals surface area contributed by atoms with Gasteiger partial charge in [-0.2, -0.15) is 0 Å². The van der Waals surface area contributed by atoms with Gasteiger partial charge in [0.15, 0.2) is 5.76 Å². The van der Waals surface area contributed by atoms with Crippen molar-refractivity contribution in [2.45, 2.75) is 25.9 Å². The molecule has 0 aliphatic rings. The summed E-state index contributed by atoms with van der Waals surface area (Å²) in [4.78, 5) is 36.5. The van der Waals surface area contributed by atoms with Crippen molar-refractivity contribution < 1.29 is 24.2 Å². The van der Waals surface area contributed by atoms with Gasteiger partial charge < -0.3 is 19.4 Å². The van der Waals surface area contributed by atoms with Gasteiger partial charge in [-0.05, 0) is 24.6 Å². The van der Waals surface area contributed by atoms with Crippen LogP contribution in [0.15, 0.2) is 38.3 Å². The van der Waals surface area contributed by atoms with Gasteiger partial charge in [0.1, 0.15) is 12.4 Å². The molecule has 0 saturated carbocycles. The van der Waals surface area contributed by atoms with Gasteiger partial charge in [-0.1, -0.05) is 6.07 Å². The second-order valence-electron chi connectivity index (χ2n) is 6.66. The molecule has 0 aliphatic carbocycles. The van der Waals surface area contributed by atoms with E-state index in [-0.39, 0.29) is 30.2 Å². The third kappa shape index (κ3) is 3.68. The zero-order valence-electron chi connectivity index (χ0n) is 16.3. The summed E-state index contributed by atoms with van der Waals surface area (Å²) >= 11 is 0. The number of aliphatic hydroxyl groups excluding tert-OH is 1. The van der Waals surface area contributed by atoms with Gasteiger partial charge in [-0.25, -0.2) is 4.79 Å². The second kappa shape index (κ2) is 7.96. The number of hydrogen-bond acceptors (Lipinski definition) is 7. The lowest BCUT2D eigenvalue weighted by Gasteiger charge is -2.18. The molecule has 0 radical (unpaired) electrons. The Balaban J connectivity index is 2.22. The number of carbonyl (C=O) groups excluding carboxylic acids is 1. The predicted molar refractivity (Wildman–Crippen MR) is 104 cm³/mol. The molecule has 0 fully saturated rings. The van der Waals surface area contributed by atoms with Crippen LogP contribution in [-0.2, 0) is 30.2 Å². The molecule has 0 bridgehead atoms. The van der Waals surface area contributed by atoms with Crippen LogP contribution in [0.5, 0.6) is 5.75 Å². The number of hydrogen-bond donors (Lipinski definition) is 2. The number of benzene rings is 1. The van der Waals surface area contributed by atoms with Crippen LogP contribution in [0.25, 0.3) is 11.0 Å². The number of aryl methyl sites for hydroxylation is 2. The normalized spacial score (nSPS) is 12.3. The summed E-state index contributed by atoms with van der Waals surface area (Å²) in [6.45, 7) is 1.30. The fraction of sp³-hybridized carbons (Fsp3) is 0.350. The highest BCUT2D eigenvalue weighted by molar-refractivity contribution is 5.78. The van der Waals surface area contributed by atoms with Crippen molar-refractivity contribution in [3.8, 4) is 5.75 Å². The molecule has 2 aromatic heterocycles. The molecule has 29 heavy (non-hydrogen) atoms. The first-order valence-corrected chi connectivity index (χ1v) is 9.06. The Labute approximate surface area is 165 Å². The SMILES string of the molecule is CCOC(=O)C[C@H](c1ccc2c(c1)n(C)c(=O)n2C)c1oc(CO)cc(=O)c1O. The lowest BCUT2D eigenvalue weighted by atomic mass is 9.91. The smallest absolute Gasteiger partial charge is 0.328 e. The number of aliphatic hydroxyl groups is 1.